The van der Waals surface area contributed by atoms with E-state index in [-0.39, 0.29) is 6.10 Å². The number of fused-ring (bicyclic) bond motifs is 1. The molecule has 0 aliphatic carbocycles. The van der Waals surface area contributed by atoms with E-state index in [0.717, 1.165) is 17.7 Å². The van der Waals surface area contributed by atoms with E-state index in [1.807, 2.05) is 32.9 Å². The first-order valence-corrected chi connectivity index (χ1v) is 7.50. The van der Waals surface area contributed by atoms with E-state index in [1.54, 1.807) is 6.92 Å². The molecule has 1 aromatic carbocycles. The summed E-state index contributed by atoms with van der Waals surface area (Å²) in [6, 6.07) is 6.00. The van der Waals surface area contributed by atoms with Gasteiger partial charge in [0.1, 0.15) is 23.7 Å². The van der Waals surface area contributed by atoms with Gasteiger partial charge in [0.15, 0.2) is 0 Å². The van der Waals surface area contributed by atoms with E-state index in [4.69, 9.17) is 9.47 Å². The highest BCUT2D eigenvalue weighted by Gasteiger charge is 2.36. The maximum atomic E-state index is 10.7. The van der Waals surface area contributed by atoms with Gasteiger partial charge in [-0.3, -0.25) is 0 Å². The lowest BCUT2D eigenvalue weighted by molar-refractivity contribution is 0.0690. The molecule has 0 bridgehead atoms. The summed E-state index contributed by atoms with van der Waals surface area (Å²) in [5.41, 5.74) is 0.886. The molecule has 1 heterocycles. The quantitative estimate of drug-likeness (QED) is 0.902. The Morgan fingerprint density at radius 1 is 1.52 bits per heavy atom. The van der Waals surface area contributed by atoms with Crippen molar-refractivity contribution < 1.29 is 14.6 Å². The molecule has 0 saturated carbocycles. The molecule has 1 aliphatic rings. The average molecular weight is 289 g/mol. The highest BCUT2D eigenvalue weighted by Crippen LogP contribution is 2.44. The molecule has 2 rings (SSSR count). The van der Waals surface area contributed by atoms with Gasteiger partial charge in [-0.2, -0.15) is 5.26 Å². The van der Waals surface area contributed by atoms with Gasteiger partial charge in [-0.15, -0.1) is 0 Å². The van der Waals surface area contributed by atoms with Crippen molar-refractivity contribution >= 4 is 0 Å². The van der Waals surface area contributed by atoms with Crippen molar-refractivity contribution in [3.05, 3.63) is 23.3 Å². The molecule has 0 saturated heterocycles. The molecule has 0 aromatic heterocycles. The molecule has 0 amide bonds. The molecule has 4 heteroatoms. The zero-order chi connectivity index (χ0) is 15.6. The zero-order valence-electron chi connectivity index (χ0n) is 13.1. The average Bonchev–Trinajstić information content (AvgIpc) is 2.84. The Labute approximate surface area is 126 Å². The van der Waals surface area contributed by atoms with Gasteiger partial charge >= 0.3 is 0 Å². The number of hydrogen-bond donors (Lipinski definition) is 1. The first kappa shape index (κ1) is 15.7. The van der Waals surface area contributed by atoms with Crippen molar-refractivity contribution in [3.8, 4) is 17.6 Å². The Kier molecular flexibility index (Phi) is 4.43. The fourth-order valence-electron chi connectivity index (χ4n) is 2.63. The standard InChI is InChI=1S/C17H23NO3/c1-5-17(4,10-18)16(19)13-9-14-12(7-11(3)21-14)8-15(13)20-6-2/h8-9,11,16,19H,5-7H2,1-4H3. The molecule has 1 N–H and O–H groups in total. The SMILES string of the molecule is CCOc1cc2c(cc1C(O)C(C)(C#N)CC)OC(C)C2. The summed E-state index contributed by atoms with van der Waals surface area (Å²) in [5.74, 6) is 1.44. The first-order valence-electron chi connectivity index (χ1n) is 7.50. The topological polar surface area (TPSA) is 62.5 Å². The highest BCUT2D eigenvalue weighted by atomic mass is 16.5. The van der Waals surface area contributed by atoms with Crippen LogP contribution in [0.4, 0.5) is 0 Å². The maximum absolute atomic E-state index is 10.7. The van der Waals surface area contributed by atoms with Gasteiger partial charge in [-0.1, -0.05) is 6.92 Å². The van der Waals surface area contributed by atoms with Gasteiger partial charge in [0.2, 0.25) is 0 Å². The predicted octanol–water partition coefficient (Wildman–Crippen LogP) is 3.38. The van der Waals surface area contributed by atoms with Crippen molar-refractivity contribution in [2.75, 3.05) is 6.61 Å². The van der Waals surface area contributed by atoms with Crippen LogP contribution in [0, 0.1) is 16.7 Å². The fraction of sp³-hybridized carbons (Fsp3) is 0.588. The fourth-order valence-corrected chi connectivity index (χ4v) is 2.63. The zero-order valence-corrected chi connectivity index (χ0v) is 13.1. The van der Waals surface area contributed by atoms with Crippen LogP contribution in [0.3, 0.4) is 0 Å². The Morgan fingerprint density at radius 2 is 2.24 bits per heavy atom. The Bertz CT molecular complexity index is 564. The van der Waals surface area contributed by atoms with Crippen molar-refractivity contribution in [1.29, 1.82) is 5.26 Å². The number of ether oxygens (including phenoxy) is 2. The minimum atomic E-state index is -0.904. The molecular weight excluding hydrogens is 266 g/mol. The van der Waals surface area contributed by atoms with Crippen LogP contribution in [0.15, 0.2) is 12.1 Å². The molecule has 4 nitrogen and oxygen atoms in total. The van der Waals surface area contributed by atoms with E-state index < -0.39 is 11.5 Å². The molecule has 1 aromatic rings. The van der Waals surface area contributed by atoms with Crippen molar-refractivity contribution in [3.63, 3.8) is 0 Å². The van der Waals surface area contributed by atoms with Crippen LogP contribution in [-0.4, -0.2) is 17.8 Å². The van der Waals surface area contributed by atoms with Crippen LogP contribution in [0.25, 0.3) is 0 Å². The molecule has 1 aliphatic heterocycles. The van der Waals surface area contributed by atoms with E-state index >= 15 is 0 Å². The first-order chi connectivity index (χ1) is 9.95. The van der Waals surface area contributed by atoms with Crippen molar-refractivity contribution in [2.45, 2.75) is 52.7 Å². The summed E-state index contributed by atoms with van der Waals surface area (Å²) in [5, 5.41) is 20.1. The molecule has 3 unspecified atom stereocenters. The van der Waals surface area contributed by atoms with Crippen LogP contribution >= 0.6 is 0 Å². The Balaban J connectivity index is 2.47. The summed E-state index contributed by atoms with van der Waals surface area (Å²) in [6.45, 7) is 8.11. The van der Waals surface area contributed by atoms with Crippen LogP contribution in [0.1, 0.15) is 51.3 Å². The maximum Gasteiger partial charge on any atom is 0.125 e. The molecular formula is C17H23NO3. The van der Waals surface area contributed by atoms with Gasteiger partial charge in [-0.25, -0.2) is 0 Å². The third-order valence-corrected chi connectivity index (χ3v) is 4.22. The number of rotatable bonds is 5. The van der Waals surface area contributed by atoms with Crippen LogP contribution in [-0.2, 0) is 6.42 Å². The number of nitriles is 1. The predicted molar refractivity (Wildman–Crippen MR) is 80.4 cm³/mol. The molecule has 21 heavy (non-hydrogen) atoms. The lowest BCUT2D eigenvalue weighted by Crippen LogP contribution is -2.23. The van der Waals surface area contributed by atoms with Crippen LogP contribution < -0.4 is 9.47 Å². The van der Waals surface area contributed by atoms with E-state index in [0.29, 0.717) is 24.3 Å². The third-order valence-electron chi connectivity index (χ3n) is 4.22. The molecule has 3 atom stereocenters. The molecule has 114 valence electrons. The Morgan fingerprint density at radius 3 is 2.81 bits per heavy atom. The lowest BCUT2D eigenvalue weighted by atomic mass is 9.79. The van der Waals surface area contributed by atoms with Crippen molar-refractivity contribution in [2.24, 2.45) is 5.41 Å². The Hall–Kier alpha value is -1.73. The molecule has 0 spiro atoms. The van der Waals surface area contributed by atoms with Gasteiger partial charge in [0.25, 0.3) is 0 Å². The third kappa shape index (κ3) is 2.84. The van der Waals surface area contributed by atoms with Gasteiger partial charge < -0.3 is 14.6 Å². The second-order valence-corrected chi connectivity index (χ2v) is 5.85. The molecule has 0 radical (unpaired) electrons. The number of benzene rings is 1. The van der Waals surface area contributed by atoms with Gasteiger partial charge in [0.05, 0.1) is 18.1 Å². The monoisotopic (exact) mass is 289 g/mol. The van der Waals surface area contributed by atoms with Gasteiger partial charge in [-0.05, 0) is 39.3 Å². The second kappa shape index (κ2) is 5.95. The van der Waals surface area contributed by atoms with Gasteiger partial charge in [0, 0.05) is 17.5 Å². The normalized spacial score (nSPS) is 20.9. The van der Waals surface area contributed by atoms with Crippen LogP contribution in [0.2, 0.25) is 0 Å². The van der Waals surface area contributed by atoms with Crippen molar-refractivity contribution in [1.82, 2.24) is 0 Å². The summed E-state index contributed by atoms with van der Waals surface area (Å²) in [6.07, 6.45) is 0.633. The highest BCUT2D eigenvalue weighted by molar-refractivity contribution is 5.50. The van der Waals surface area contributed by atoms with E-state index in [1.165, 1.54) is 0 Å². The second-order valence-electron chi connectivity index (χ2n) is 5.85. The number of aliphatic hydroxyl groups excluding tert-OH is 1. The lowest BCUT2D eigenvalue weighted by Gasteiger charge is -2.28. The number of nitrogens with zero attached hydrogens (tertiary/aromatic N) is 1. The molecule has 0 fully saturated rings. The van der Waals surface area contributed by atoms with E-state index in [9.17, 15) is 10.4 Å². The minimum absolute atomic E-state index is 0.135. The van der Waals surface area contributed by atoms with E-state index in [2.05, 4.69) is 6.07 Å². The summed E-state index contributed by atoms with van der Waals surface area (Å²) >= 11 is 0. The minimum Gasteiger partial charge on any atom is -0.493 e. The number of aliphatic hydroxyl groups is 1. The van der Waals surface area contributed by atoms with Crippen LogP contribution in [0.5, 0.6) is 11.5 Å². The summed E-state index contributed by atoms with van der Waals surface area (Å²) in [7, 11) is 0. The summed E-state index contributed by atoms with van der Waals surface area (Å²) in [4.78, 5) is 0. The number of hydrogen-bond acceptors (Lipinski definition) is 4. The summed E-state index contributed by atoms with van der Waals surface area (Å²) < 4.78 is 11.4. The smallest absolute Gasteiger partial charge is 0.125 e. The largest absolute Gasteiger partial charge is 0.493 e.